The van der Waals surface area contributed by atoms with Gasteiger partial charge in [0.15, 0.2) is 0 Å². The third-order valence-electron chi connectivity index (χ3n) is 3.68. The Kier molecular flexibility index (Phi) is 10.1. The number of hydrogen-bond donors (Lipinski definition) is 1. The van der Waals surface area contributed by atoms with Gasteiger partial charge in [-0.1, -0.05) is 18.2 Å². The molecule has 2 aromatic carbocycles. The van der Waals surface area contributed by atoms with Crippen LogP contribution in [-0.4, -0.2) is 40.9 Å². The second kappa shape index (κ2) is 11.0. The molecule has 0 fully saturated rings. The van der Waals surface area contributed by atoms with Crippen molar-refractivity contribution >= 4 is 17.8 Å². The Balaban J connectivity index is 0.00000364. The fourth-order valence-electron chi connectivity index (χ4n) is 2.27. The van der Waals surface area contributed by atoms with Crippen LogP contribution >= 0.6 is 0 Å². The Bertz CT molecular complexity index is 802. The van der Waals surface area contributed by atoms with Gasteiger partial charge in [0.05, 0.1) is 18.2 Å². The van der Waals surface area contributed by atoms with Gasteiger partial charge in [0, 0.05) is 11.1 Å². The van der Waals surface area contributed by atoms with Crippen molar-refractivity contribution in [1.82, 2.24) is 10.4 Å². The molecule has 7 nitrogen and oxygen atoms in total. The molecule has 28 heavy (non-hydrogen) atoms. The monoisotopic (exact) mass is 394 g/mol. The Morgan fingerprint density at radius 3 is 1.82 bits per heavy atom. The second-order valence-corrected chi connectivity index (χ2v) is 6.69. The van der Waals surface area contributed by atoms with E-state index >= 15 is 0 Å². The van der Waals surface area contributed by atoms with Crippen molar-refractivity contribution in [3.8, 4) is 0 Å². The van der Waals surface area contributed by atoms with Crippen LogP contribution in [0.5, 0.6) is 0 Å². The smallest absolute Gasteiger partial charge is 0.870 e. The molecule has 0 unspecified atom stereocenters. The molecule has 0 aromatic heterocycles. The molecule has 144 valence electrons. The fourth-order valence-corrected chi connectivity index (χ4v) is 2.27. The minimum absolute atomic E-state index is 0. The molecule has 8 heteroatoms. The molecule has 0 bridgehead atoms. The number of hydrogen-bond acceptors (Lipinski definition) is 5. The first-order chi connectivity index (χ1) is 12.2. The third kappa shape index (κ3) is 6.45. The number of ether oxygens (including phenoxy) is 1. The molecular formula is C20H23N2NaO5. The molecule has 2 amide bonds. The van der Waals surface area contributed by atoms with E-state index in [0.29, 0.717) is 16.7 Å². The average molecular weight is 394 g/mol. The van der Waals surface area contributed by atoms with Gasteiger partial charge in [-0.15, -0.1) is 0 Å². The summed E-state index contributed by atoms with van der Waals surface area (Å²) in [6, 6.07) is 14.7. The number of carbonyl (C=O) groups excluding carboxylic acids is 3. The van der Waals surface area contributed by atoms with Crippen LogP contribution in [0.2, 0.25) is 0 Å². The van der Waals surface area contributed by atoms with Crippen molar-refractivity contribution in [3.05, 3.63) is 71.3 Å². The van der Waals surface area contributed by atoms with E-state index in [1.165, 1.54) is 36.4 Å². The minimum Gasteiger partial charge on any atom is -0.870 e. The molecule has 0 aliphatic rings. The van der Waals surface area contributed by atoms with E-state index in [-0.39, 0.29) is 46.8 Å². The number of nitrogens with zero attached hydrogens (tertiary/aromatic N) is 1. The first-order valence-corrected chi connectivity index (χ1v) is 8.13. The summed E-state index contributed by atoms with van der Waals surface area (Å²) in [6.07, 6.45) is 0. The van der Waals surface area contributed by atoms with Crippen LogP contribution < -0.4 is 35.0 Å². The predicted molar refractivity (Wildman–Crippen MR) is 99.5 cm³/mol. The number of hydrazine groups is 1. The van der Waals surface area contributed by atoms with E-state index in [4.69, 9.17) is 0 Å². The molecular weight excluding hydrogens is 371 g/mol. The number of carbonyl (C=O) groups is 3. The summed E-state index contributed by atoms with van der Waals surface area (Å²) in [4.78, 5) is 36.9. The van der Waals surface area contributed by atoms with Gasteiger partial charge in [0.2, 0.25) is 0 Å². The molecule has 2 rings (SSSR count). The maximum absolute atomic E-state index is 12.9. The summed E-state index contributed by atoms with van der Waals surface area (Å²) in [5, 5.41) is 1.29. The Morgan fingerprint density at radius 1 is 0.857 bits per heavy atom. The first kappa shape index (κ1) is 25.8. The van der Waals surface area contributed by atoms with Crippen LogP contribution in [0.3, 0.4) is 0 Å². The number of rotatable bonds is 3. The van der Waals surface area contributed by atoms with Gasteiger partial charge in [-0.05, 0) is 57.2 Å². The summed E-state index contributed by atoms with van der Waals surface area (Å²) < 4.78 is 4.65. The van der Waals surface area contributed by atoms with Crippen LogP contribution in [0.15, 0.2) is 54.6 Å². The molecule has 0 saturated carbocycles. The summed E-state index contributed by atoms with van der Waals surface area (Å²) in [6.45, 7) is 5.46. The van der Waals surface area contributed by atoms with E-state index < -0.39 is 11.5 Å². The molecule has 0 spiro atoms. The summed E-state index contributed by atoms with van der Waals surface area (Å²) in [5.41, 5.74) is 3.17. The number of methoxy groups -OCH3 is 1. The van der Waals surface area contributed by atoms with Gasteiger partial charge < -0.3 is 10.2 Å². The zero-order valence-electron chi connectivity index (χ0n) is 16.7. The van der Waals surface area contributed by atoms with Crippen molar-refractivity contribution in [2.24, 2.45) is 0 Å². The van der Waals surface area contributed by atoms with Gasteiger partial charge in [-0.2, -0.15) is 0 Å². The van der Waals surface area contributed by atoms with Crippen LogP contribution in [0.25, 0.3) is 0 Å². The summed E-state index contributed by atoms with van der Waals surface area (Å²) >= 11 is 0. The maximum Gasteiger partial charge on any atom is 1.00 e. The van der Waals surface area contributed by atoms with Crippen LogP contribution in [0.1, 0.15) is 51.8 Å². The third-order valence-corrected chi connectivity index (χ3v) is 3.68. The van der Waals surface area contributed by atoms with Gasteiger partial charge in [-0.25, -0.2) is 9.80 Å². The van der Waals surface area contributed by atoms with Crippen molar-refractivity contribution in [2.75, 3.05) is 7.11 Å². The SMILES string of the molecule is COC(=O)c1ccc(C(=O)N(NC(=O)c2ccccc2)C(C)(C)C)cc1.[Na+].[OH-]. The van der Waals surface area contributed by atoms with Crippen LogP contribution in [-0.2, 0) is 4.74 Å². The predicted octanol–water partition coefficient (Wildman–Crippen LogP) is -0.114. The normalized spacial score (nSPS) is 10.0. The molecule has 2 N–H and O–H groups in total. The van der Waals surface area contributed by atoms with Gasteiger partial charge >= 0.3 is 35.5 Å². The standard InChI is InChI=1S/C20H22N2O4.Na.H2O/c1-20(2,3)22(21-17(23)14-8-6-5-7-9-14)18(24)15-10-12-16(13-11-15)19(25)26-4;;/h5-13H,1-4H3,(H,21,23);;1H2/q;+1;/p-1. The van der Waals surface area contributed by atoms with E-state index in [1.807, 2.05) is 26.8 Å². The molecule has 0 atom stereocenters. The zero-order valence-corrected chi connectivity index (χ0v) is 18.7. The van der Waals surface area contributed by atoms with Crippen LogP contribution in [0.4, 0.5) is 0 Å². The number of benzene rings is 2. The maximum atomic E-state index is 12.9. The molecule has 0 aliphatic heterocycles. The first-order valence-electron chi connectivity index (χ1n) is 8.13. The van der Waals surface area contributed by atoms with E-state index in [9.17, 15) is 14.4 Å². The van der Waals surface area contributed by atoms with Crippen molar-refractivity contribution < 1.29 is 54.2 Å². The zero-order chi connectivity index (χ0) is 19.3. The summed E-state index contributed by atoms with van der Waals surface area (Å²) in [5.74, 6) is -1.23. The van der Waals surface area contributed by atoms with E-state index in [2.05, 4.69) is 10.2 Å². The van der Waals surface area contributed by atoms with Crippen molar-refractivity contribution in [3.63, 3.8) is 0 Å². The topological polar surface area (TPSA) is 106 Å². The minimum atomic E-state index is -0.650. The van der Waals surface area contributed by atoms with Gasteiger partial charge in [-0.3, -0.25) is 15.0 Å². The molecule has 2 aromatic rings. The average Bonchev–Trinajstić information content (AvgIpc) is 2.64. The second-order valence-electron chi connectivity index (χ2n) is 6.69. The fraction of sp³-hybridized carbons (Fsp3) is 0.250. The number of esters is 1. The number of amides is 2. The number of nitrogens with one attached hydrogen (secondary N) is 1. The molecule has 0 heterocycles. The van der Waals surface area contributed by atoms with Crippen molar-refractivity contribution in [2.45, 2.75) is 26.3 Å². The van der Waals surface area contributed by atoms with Gasteiger partial charge in [0.25, 0.3) is 11.8 Å². The van der Waals surface area contributed by atoms with Gasteiger partial charge in [0.1, 0.15) is 0 Å². The molecule has 0 radical (unpaired) electrons. The molecule has 0 saturated heterocycles. The summed E-state index contributed by atoms with van der Waals surface area (Å²) in [7, 11) is 1.29. The van der Waals surface area contributed by atoms with E-state index in [1.54, 1.807) is 24.3 Å². The van der Waals surface area contributed by atoms with Crippen molar-refractivity contribution in [1.29, 1.82) is 0 Å². The Hall–Kier alpha value is -2.19. The van der Waals surface area contributed by atoms with E-state index in [0.717, 1.165) is 0 Å². The largest absolute Gasteiger partial charge is 1.00 e. The molecule has 0 aliphatic carbocycles. The quantitative estimate of drug-likeness (QED) is 0.444. The van der Waals surface area contributed by atoms with Crippen LogP contribution in [0, 0.1) is 0 Å². The Labute approximate surface area is 186 Å². The Morgan fingerprint density at radius 2 is 1.36 bits per heavy atom.